The number of aromatic nitrogens is 3. The van der Waals surface area contributed by atoms with E-state index in [0.717, 1.165) is 59.0 Å². The van der Waals surface area contributed by atoms with Gasteiger partial charge in [-0.3, -0.25) is 9.78 Å². The van der Waals surface area contributed by atoms with Crippen molar-refractivity contribution in [1.82, 2.24) is 19.9 Å². The topological polar surface area (TPSA) is 77.8 Å². The Morgan fingerprint density at radius 1 is 1.21 bits per heavy atom. The van der Waals surface area contributed by atoms with Crippen LogP contribution in [0, 0.1) is 0 Å². The molecule has 0 aliphatic rings. The summed E-state index contributed by atoms with van der Waals surface area (Å²) in [6.07, 6.45) is 7.50. The van der Waals surface area contributed by atoms with Crippen molar-refractivity contribution in [2.24, 2.45) is 0 Å². The van der Waals surface area contributed by atoms with Crippen molar-refractivity contribution in [2.45, 2.75) is 52.5 Å². The molecule has 0 bridgehead atoms. The summed E-state index contributed by atoms with van der Waals surface area (Å²) in [7, 11) is 1.70. The summed E-state index contributed by atoms with van der Waals surface area (Å²) < 4.78 is 13.3. The summed E-state index contributed by atoms with van der Waals surface area (Å²) in [6.45, 7) is 6.43. The average Bonchev–Trinajstić information content (AvgIpc) is 3.22. The van der Waals surface area contributed by atoms with E-state index in [1.165, 1.54) is 11.3 Å². The number of nitrogens with zero attached hydrogens (tertiary/aromatic N) is 3. The third-order valence-corrected chi connectivity index (χ3v) is 5.99. The Labute approximate surface area is 204 Å². The van der Waals surface area contributed by atoms with E-state index >= 15 is 0 Å². The molecule has 0 aliphatic carbocycles. The predicted molar refractivity (Wildman–Crippen MR) is 133 cm³/mol. The van der Waals surface area contributed by atoms with Crippen molar-refractivity contribution in [2.75, 3.05) is 26.9 Å². The van der Waals surface area contributed by atoms with E-state index in [-0.39, 0.29) is 5.97 Å². The number of hydrogen-bond donors (Lipinski definition) is 1. The highest BCUT2D eigenvalue weighted by Gasteiger charge is 2.19. The summed E-state index contributed by atoms with van der Waals surface area (Å²) in [6, 6.07) is 6.39. The molecule has 3 heterocycles. The fourth-order valence-electron chi connectivity index (χ4n) is 3.99. The second-order valence-electron chi connectivity index (χ2n) is 7.85. The van der Waals surface area contributed by atoms with Crippen molar-refractivity contribution in [3.63, 3.8) is 0 Å². The summed E-state index contributed by atoms with van der Waals surface area (Å²) in [5.41, 5.74) is 6.65. The van der Waals surface area contributed by atoms with E-state index in [4.69, 9.17) is 14.6 Å². The van der Waals surface area contributed by atoms with Gasteiger partial charge in [-0.2, -0.15) is 5.10 Å². The molecule has 3 rings (SSSR count). The minimum absolute atomic E-state index is 0.136. The number of pyridine rings is 1. The highest BCUT2D eigenvalue weighted by molar-refractivity contribution is 9.10. The number of carbonyl (C=O) groups excluding carboxylic acids is 1. The first-order valence-electron chi connectivity index (χ1n) is 11.6. The lowest BCUT2D eigenvalue weighted by Gasteiger charge is -2.18. The van der Waals surface area contributed by atoms with Gasteiger partial charge in [0.15, 0.2) is 0 Å². The van der Waals surface area contributed by atoms with Crippen LogP contribution in [0.4, 0.5) is 0 Å². The van der Waals surface area contributed by atoms with Crippen molar-refractivity contribution in [3.8, 4) is 11.1 Å². The largest absolute Gasteiger partial charge is 0.466 e. The number of hydrogen-bond acceptors (Lipinski definition) is 6. The first kappa shape index (κ1) is 25.3. The molecule has 178 valence electrons. The number of methoxy groups -OCH3 is 1. The van der Waals surface area contributed by atoms with Crippen LogP contribution < -0.4 is 5.32 Å². The lowest BCUT2D eigenvalue weighted by atomic mass is 9.95. The molecule has 33 heavy (non-hydrogen) atoms. The van der Waals surface area contributed by atoms with Gasteiger partial charge in [0.05, 0.1) is 24.4 Å². The van der Waals surface area contributed by atoms with Gasteiger partial charge in [-0.15, -0.1) is 0 Å². The van der Waals surface area contributed by atoms with Gasteiger partial charge in [0.25, 0.3) is 0 Å². The quantitative estimate of drug-likeness (QED) is 0.261. The van der Waals surface area contributed by atoms with Gasteiger partial charge in [0.1, 0.15) is 0 Å². The van der Waals surface area contributed by atoms with Gasteiger partial charge >= 0.3 is 5.97 Å². The number of aryl methyl sites for hydroxylation is 1. The van der Waals surface area contributed by atoms with Crippen LogP contribution in [0.25, 0.3) is 16.6 Å². The molecule has 0 radical (unpaired) electrons. The minimum atomic E-state index is -0.136. The molecule has 0 fully saturated rings. The third kappa shape index (κ3) is 6.62. The van der Waals surface area contributed by atoms with Crippen LogP contribution in [0.5, 0.6) is 0 Å². The van der Waals surface area contributed by atoms with Crippen LogP contribution in [0.15, 0.2) is 35.1 Å². The maximum Gasteiger partial charge on any atom is 0.305 e. The lowest BCUT2D eigenvalue weighted by Crippen LogP contribution is -2.21. The molecule has 0 saturated heterocycles. The van der Waals surface area contributed by atoms with E-state index in [1.807, 2.05) is 13.1 Å². The number of nitrogens with one attached hydrogen (secondary N) is 1. The van der Waals surface area contributed by atoms with Crippen LogP contribution >= 0.6 is 15.9 Å². The predicted octanol–water partition coefficient (Wildman–Crippen LogP) is 4.73. The number of unbranched alkanes of at least 4 members (excludes halogenated alkanes) is 1. The molecule has 0 atom stereocenters. The molecule has 0 saturated carbocycles. The monoisotopic (exact) mass is 516 g/mol. The van der Waals surface area contributed by atoms with Gasteiger partial charge in [-0.05, 0) is 72.3 Å². The van der Waals surface area contributed by atoms with Crippen molar-refractivity contribution in [3.05, 3.63) is 52.0 Å². The van der Waals surface area contributed by atoms with Crippen molar-refractivity contribution in [1.29, 1.82) is 0 Å². The Kier molecular flexibility index (Phi) is 9.84. The Balaban J connectivity index is 2.02. The van der Waals surface area contributed by atoms with Crippen LogP contribution in [0.1, 0.15) is 50.1 Å². The van der Waals surface area contributed by atoms with E-state index < -0.39 is 0 Å². The highest BCUT2D eigenvalue weighted by atomic mass is 79.9. The average molecular weight is 517 g/mol. The lowest BCUT2D eigenvalue weighted by molar-refractivity contribution is -0.143. The van der Waals surface area contributed by atoms with Crippen LogP contribution in [-0.2, 0) is 33.7 Å². The van der Waals surface area contributed by atoms with Crippen molar-refractivity contribution >= 4 is 27.4 Å². The first-order chi connectivity index (χ1) is 16.1. The molecular weight excluding hydrogens is 484 g/mol. The molecule has 0 spiro atoms. The van der Waals surface area contributed by atoms with Crippen molar-refractivity contribution < 1.29 is 14.3 Å². The number of carbonyl (C=O) groups is 1. The molecule has 0 aliphatic heterocycles. The number of halogens is 1. The van der Waals surface area contributed by atoms with Gasteiger partial charge in [-0.25, -0.2) is 4.52 Å². The molecule has 1 N–H and O–H groups in total. The molecule has 3 aromatic heterocycles. The number of esters is 1. The fourth-order valence-corrected chi connectivity index (χ4v) is 4.36. The highest BCUT2D eigenvalue weighted by Crippen LogP contribution is 2.33. The number of rotatable bonds is 13. The smallest absolute Gasteiger partial charge is 0.305 e. The summed E-state index contributed by atoms with van der Waals surface area (Å²) in [4.78, 5) is 16.2. The molecule has 0 amide bonds. The fraction of sp³-hybridized carbons (Fsp3) is 0.480. The van der Waals surface area contributed by atoms with Gasteiger partial charge in [-0.1, -0.05) is 6.92 Å². The number of fused-ring (bicyclic) bond motifs is 1. The first-order valence-corrected chi connectivity index (χ1v) is 12.4. The number of ether oxygens (including phenoxy) is 2. The zero-order chi connectivity index (χ0) is 23.6. The Bertz CT molecular complexity index is 1070. The SMILES string of the molecule is CCOC(=O)CCCCc1c(CNCCOC)nn2c(CC)ccc2c1-c1cncc(Br)c1. The Morgan fingerprint density at radius 2 is 2.06 bits per heavy atom. The van der Waals surface area contributed by atoms with E-state index in [1.54, 1.807) is 13.3 Å². The van der Waals surface area contributed by atoms with Crippen LogP contribution in [-0.4, -0.2) is 47.4 Å². The molecule has 8 heteroatoms. The zero-order valence-corrected chi connectivity index (χ0v) is 21.3. The standard InChI is InChI=1S/C25H33BrN4O3/c1-4-20-10-11-23-25(18-14-19(26)16-28-15-18)21(8-6-7-9-24(31)33-5-2)22(29-30(20)23)17-27-12-13-32-3/h10-11,14-16,27H,4-9,12-13,17H2,1-3H3. The summed E-state index contributed by atoms with van der Waals surface area (Å²) in [5.74, 6) is -0.136. The Hall–Kier alpha value is -2.29. The van der Waals surface area contributed by atoms with E-state index in [0.29, 0.717) is 26.2 Å². The van der Waals surface area contributed by atoms with E-state index in [2.05, 4.69) is 55.9 Å². The van der Waals surface area contributed by atoms with E-state index in [9.17, 15) is 4.79 Å². The molecule has 0 unspecified atom stereocenters. The van der Waals surface area contributed by atoms with Gasteiger partial charge in [0, 0.05) is 60.3 Å². The molecule has 3 aromatic rings. The van der Waals surface area contributed by atoms with Crippen LogP contribution in [0.3, 0.4) is 0 Å². The summed E-state index contributed by atoms with van der Waals surface area (Å²) >= 11 is 3.58. The second kappa shape index (κ2) is 12.8. The Morgan fingerprint density at radius 3 is 2.79 bits per heavy atom. The summed E-state index contributed by atoms with van der Waals surface area (Å²) in [5, 5.41) is 8.50. The van der Waals surface area contributed by atoms with Gasteiger partial charge in [0.2, 0.25) is 0 Å². The molecular formula is C25H33BrN4O3. The normalized spacial score (nSPS) is 11.3. The second-order valence-corrected chi connectivity index (χ2v) is 8.76. The van der Waals surface area contributed by atoms with Gasteiger partial charge < -0.3 is 14.8 Å². The maximum atomic E-state index is 11.8. The maximum absolute atomic E-state index is 11.8. The minimum Gasteiger partial charge on any atom is -0.466 e. The van der Waals surface area contributed by atoms with Crippen LogP contribution in [0.2, 0.25) is 0 Å². The zero-order valence-electron chi connectivity index (χ0n) is 19.7. The molecule has 0 aromatic carbocycles. The third-order valence-electron chi connectivity index (χ3n) is 5.56. The molecule has 7 nitrogen and oxygen atoms in total.